The van der Waals surface area contributed by atoms with Crippen molar-refractivity contribution in [1.82, 2.24) is 4.90 Å². The first-order valence-corrected chi connectivity index (χ1v) is 5.18. The van der Waals surface area contributed by atoms with E-state index in [1.54, 1.807) is 0 Å². The van der Waals surface area contributed by atoms with Gasteiger partial charge in [-0.15, -0.1) is 0 Å². The van der Waals surface area contributed by atoms with Gasteiger partial charge in [0.25, 0.3) is 0 Å². The minimum absolute atomic E-state index is 0.310. The summed E-state index contributed by atoms with van der Waals surface area (Å²) in [6, 6.07) is 0. The molecule has 0 radical (unpaired) electrons. The topological polar surface area (TPSA) is 23.5 Å². The van der Waals surface area contributed by atoms with Gasteiger partial charge in [-0.05, 0) is 32.6 Å². The average Bonchev–Trinajstić information content (AvgIpc) is 2.77. The van der Waals surface area contributed by atoms with Crippen molar-refractivity contribution in [2.75, 3.05) is 19.6 Å². The molecular weight excluding hydrogens is 162 g/mol. The van der Waals surface area contributed by atoms with Crippen molar-refractivity contribution in [1.29, 1.82) is 0 Å². The minimum Gasteiger partial charge on any atom is -0.387 e. The van der Waals surface area contributed by atoms with Crippen LogP contribution in [0.25, 0.3) is 0 Å². The third-order valence-corrected chi connectivity index (χ3v) is 3.09. The Morgan fingerprint density at radius 1 is 1.46 bits per heavy atom. The summed E-state index contributed by atoms with van der Waals surface area (Å²) in [5.74, 6) is 0.621. The average molecular weight is 181 g/mol. The molecule has 2 rings (SSSR count). The highest BCUT2D eigenvalue weighted by molar-refractivity contribution is 5.07. The molecule has 2 nitrogen and oxygen atoms in total. The first kappa shape index (κ1) is 9.22. The van der Waals surface area contributed by atoms with Gasteiger partial charge in [-0.2, -0.15) is 0 Å². The Morgan fingerprint density at radius 3 is 2.54 bits per heavy atom. The van der Waals surface area contributed by atoms with Crippen molar-refractivity contribution in [2.45, 2.75) is 32.3 Å². The highest BCUT2D eigenvalue weighted by atomic mass is 16.3. The van der Waals surface area contributed by atoms with Gasteiger partial charge in [0.1, 0.15) is 0 Å². The molecule has 0 atom stereocenters. The lowest BCUT2D eigenvalue weighted by atomic mass is 9.89. The van der Waals surface area contributed by atoms with E-state index < -0.39 is 0 Å². The van der Waals surface area contributed by atoms with E-state index in [9.17, 15) is 5.11 Å². The van der Waals surface area contributed by atoms with E-state index in [1.807, 2.05) is 0 Å². The van der Waals surface area contributed by atoms with Crippen molar-refractivity contribution in [3.63, 3.8) is 0 Å². The summed E-state index contributed by atoms with van der Waals surface area (Å²) in [5, 5.41) is 10.0. The molecule has 74 valence electrons. The predicted molar refractivity (Wildman–Crippen MR) is 53.5 cm³/mol. The lowest BCUT2D eigenvalue weighted by Crippen LogP contribution is -2.62. The quantitative estimate of drug-likeness (QED) is 0.665. The fourth-order valence-electron chi connectivity index (χ4n) is 2.05. The molecule has 1 N–H and O–H groups in total. The third-order valence-electron chi connectivity index (χ3n) is 3.09. The van der Waals surface area contributed by atoms with Crippen molar-refractivity contribution in [2.24, 2.45) is 5.92 Å². The van der Waals surface area contributed by atoms with Gasteiger partial charge >= 0.3 is 0 Å². The van der Waals surface area contributed by atoms with Crippen LogP contribution in [0.5, 0.6) is 0 Å². The lowest BCUT2D eigenvalue weighted by molar-refractivity contribution is -0.108. The standard InChI is InChI=1S/C11H19NO/c1-9(2)5-6-12-7-11(13,8-12)10-3-4-10/h5,10,13H,3-4,6-8H2,1-2H3. The summed E-state index contributed by atoms with van der Waals surface area (Å²) in [7, 11) is 0. The molecule has 0 spiro atoms. The maximum absolute atomic E-state index is 10.0. The minimum atomic E-state index is -0.310. The molecule has 2 fully saturated rings. The number of hydrogen-bond acceptors (Lipinski definition) is 2. The largest absolute Gasteiger partial charge is 0.387 e. The van der Waals surface area contributed by atoms with Crippen LogP contribution in [0.2, 0.25) is 0 Å². The summed E-state index contributed by atoms with van der Waals surface area (Å²) >= 11 is 0. The highest BCUT2D eigenvalue weighted by Crippen LogP contribution is 2.44. The fraction of sp³-hybridized carbons (Fsp3) is 0.818. The Kier molecular flexibility index (Phi) is 2.20. The fourth-order valence-corrected chi connectivity index (χ4v) is 2.05. The number of aliphatic hydroxyl groups is 1. The summed E-state index contributed by atoms with van der Waals surface area (Å²) in [4.78, 5) is 2.31. The molecule has 1 heterocycles. The Bertz CT molecular complexity index is 220. The molecule has 2 heteroatoms. The van der Waals surface area contributed by atoms with Gasteiger partial charge in [-0.1, -0.05) is 11.6 Å². The smallest absolute Gasteiger partial charge is 0.0928 e. The number of allylic oxidation sites excluding steroid dienone is 1. The molecule has 0 aromatic rings. The first-order chi connectivity index (χ1) is 6.10. The molecule has 0 amide bonds. The Balaban J connectivity index is 1.74. The first-order valence-electron chi connectivity index (χ1n) is 5.18. The van der Waals surface area contributed by atoms with Crippen LogP contribution in [-0.4, -0.2) is 35.2 Å². The zero-order chi connectivity index (χ0) is 9.47. The predicted octanol–water partition coefficient (Wildman–Crippen LogP) is 1.41. The molecule has 0 unspecified atom stereocenters. The van der Waals surface area contributed by atoms with E-state index in [0.29, 0.717) is 5.92 Å². The SMILES string of the molecule is CC(C)=CCN1CC(O)(C2CC2)C1. The van der Waals surface area contributed by atoms with Crippen LogP contribution in [0.1, 0.15) is 26.7 Å². The molecule has 1 saturated heterocycles. The second kappa shape index (κ2) is 3.10. The zero-order valence-corrected chi connectivity index (χ0v) is 8.58. The van der Waals surface area contributed by atoms with E-state index in [4.69, 9.17) is 0 Å². The zero-order valence-electron chi connectivity index (χ0n) is 8.58. The van der Waals surface area contributed by atoms with Gasteiger partial charge in [0.05, 0.1) is 5.60 Å². The van der Waals surface area contributed by atoms with Gasteiger partial charge in [0.2, 0.25) is 0 Å². The Hall–Kier alpha value is -0.340. The monoisotopic (exact) mass is 181 g/mol. The van der Waals surface area contributed by atoms with E-state index in [-0.39, 0.29) is 5.60 Å². The molecule has 0 bridgehead atoms. The van der Waals surface area contributed by atoms with Gasteiger partial charge < -0.3 is 5.11 Å². The summed E-state index contributed by atoms with van der Waals surface area (Å²) < 4.78 is 0. The number of β-amino-alcohol motifs (C(OH)–C–C–N with tert-alkyl or cyclic N) is 1. The second-order valence-electron chi connectivity index (χ2n) is 4.83. The van der Waals surface area contributed by atoms with Gasteiger partial charge in [-0.3, -0.25) is 4.90 Å². The van der Waals surface area contributed by atoms with Crippen LogP contribution in [0, 0.1) is 5.92 Å². The van der Waals surface area contributed by atoms with Gasteiger partial charge in [0.15, 0.2) is 0 Å². The number of likely N-dealkylation sites (tertiary alicyclic amines) is 1. The number of nitrogens with zero attached hydrogens (tertiary/aromatic N) is 1. The maximum atomic E-state index is 10.0. The molecule has 1 saturated carbocycles. The third kappa shape index (κ3) is 1.94. The highest BCUT2D eigenvalue weighted by Gasteiger charge is 2.51. The van der Waals surface area contributed by atoms with Gasteiger partial charge in [0, 0.05) is 19.6 Å². The lowest BCUT2D eigenvalue weighted by Gasteiger charge is -2.46. The second-order valence-corrected chi connectivity index (χ2v) is 4.83. The van der Waals surface area contributed by atoms with Crippen LogP contribution in [0.3, 0.4) is 0 Å². The Morgan fingerprint density at radius 2 is 2.08 bits per heavy atom. The van der Waals surface area contributed by atoms with Crippen LogP contribution in [0.4, 0.5) is 0 Å². The van der Waals surface area contributed by atoms with E-state index in [2.05, 4.69) is 24.8 Å². The van der Waals surface area contributed by atoms with Crippen molar-refractivity contribution >= 4 is 0 Å². The molecule has 0 aromatic carbocycles. The molecular formula is C11H19NO. The van der Waals surface area contributed by atoms with E-state index in [0.717, 1.165) is 19.6 Å². The van der Waals surface area contributed by atoms with Crippen molar-refractivity contribution < 1.29 is 5.11 Å². The van der Waals surface area contributed by atoms with Crippen molar-refractivity contribution in [3.05, 3.63) is 11.6 Å². The van der Waals surface area contributed by atoms with Crippen LogP contribution in [-0.2, 0) is 0 Å². The summed E-state index contributed by atoms with van der Waals surface area (Å²) in [5.41, 5.74) is 1.05. The van der Waals surface area contributed by atoms with Crippen LogP contribution < -0.4 is 0 Å². The normalized spacial score (nSPS) is 26.7. The molecule has 13 heavy (non-hydrogen) atoms. The maximum Gasteiger partial charge on any atom is 0.0928 e. The molecule has 1 aliphatic carbocycles. The summed E-state index contributed by atoms with van der Waals surface area (Å²) in [6.07, 6.45) is 4.71. The molecule has 2 aliphatic rings. The van der Waals surface area contributed by atoms with E-state index >= 15 is 0 Å². The molecule has 0 aromatic heterocycles. The van der Waals surface area contributed by atoms with Crippen LogP contribution >= 0.6 is 0 Å². The van der Waals surface area contributed by atoms with Gasteiger partial charge in [-0.25, -0.2) is 0 Å². The van der Waals surface area contributed by atoms with Crippen molar-refractivity contribution in [3.8, 4) is 0 Å². The number of rotatable bonds is 3. The van der Waals surface area contributed by atoms with E-state index in [1.165, 1.54) is 18.4 Å². The van der Waals surface area contributed by atoms with Crippen LogP contribution in [0.15, 0.2) is 11.6 Å². The molecule has 1 aliphatic heterocycles. The summed E-state index contributed by atoms with van der Waals surface area (Å²) in [6.45, 7) is 7.03. The Labute approximate surface area is 80.2 Å². The number of hydrogen-bond donors (Lipinski definition) is 1.